The molecular weight excluding hydrogens is 312 g/mol. The number of benzene rings is 1. The van der Waals surface area contributed by atoms with Crippen LogP contribution in [-0.4, -0.2) is 32.1 Å². The molecule has 0 saturated carbocycles. The molecule has 1 N–H and O–H groups in total. The summed E-state index contributed by atoms with van der Waals surface area (Å²) in [7, 11) is 4.41. The lowest BCUT2D eigenvalue weighted by Gasteiger charge is -2.18. The number of ketones is 1. The van der Waals surface area contributed by atoms with E-state index in [2.05, 4.69) is 4.98 Å². The molecule has 2 heterocycles. The molecule has 0 aliphatic carbocycles. The van der Waals surface area contributed by atoms with Gasteiger partial charge in [0.05, 0.1) is 26.9 Å². The van der Waals surface area contributed by atoms with Crippen LogP contribution in [0.1, 0.15) is 15.9 Å². The van der Waals surface area contributed by atoms with Gasteiger partial charge in [-0.3, -0.25) is 9.86 Å². The minimum Gasteiger partial charge on any atom is -0.622 e. The summed E-state index contributed by atoms with van der Waals surface area (Å²) in [4.78, 5) is 16.8. The number of hydrogen-bond donors (Lipinski definition) is 1. The van der Waals surface area contributed by atoms with Gasteiger partial charge in [-0.25, -0.2) is 4.98 Å². The second-order valence-electron chi connectivity index (χ2n) is 5.07. The van der Waals surface area contributed by atoms with Crippen LogP contribution in [0, 0.1) is 5.21 Å². The molecule has 0 radical (unpaired) electrons. The van der Waals surface area contributed by atoms with Gasteiger partial charge in [0.1, 0.15) is 0 Å². The number of ether oxygens (including phenoxy) is 3. The number of fused-ring (bicyclic) bond motifs is 1. The Bertz CT molecular complexity index is 806. The SMILES string of the molecule is COc1cc(C(=O)C2=Cc3cccnc3[NH+]2[O-])cc(OC)c1OC. The van der Waals surface area contributed by atoms with Crippen LogP contribution in [0.5, 0.6) is 17.2 Å². The van der Waals surface area contributed by atoms with Gasteiger partial charge in [-0.2, -0.15) is 0 Å². The van der Waals surface area contributed by atoms with Crippen molar-refractivity contribution >= 4 is 17.7 Å². The first-order chi connectivity index (χ1) is 11.6. The van der Waals surface area contributed by atoms with Crippen LogP contribution in [-0.2, 0) is 0 Å². The maximum absolute atomic E-state index is 12.8. The topological polar surface area (TPSA) is 85.2 Å². The highest BCUT2D eigenvalue weighted by Crippen LogP contribution is 2.38. The van der Waals surface area contributed by atoms with Gasteiger partial charge in [0, 0.05) is 17.8 Å². The van der Waals surface area contributed by atoms with Crippen LogP contribution < -0.4 is 19.3 Å². The Morgan fingerprint density at radius 2 is 1.79 bits per heavy atom. The fraction of sp³-hybridized carbons (Fsp3) is 0.176. The molecule has 7 heteroatoms. The summed E-state index contributed by atoms with van der Waals surface area (Å²) >= 11 is 0. The van der Waals surface area contributed by atoms with Crippen LogP contribution in [0.2, 0.25) is 0 Å². The van der Waals surface area contributed by atoms with Crippen molar-refractivity contribution in [3.63, 3.8) is 0 Å². The fourth-order valence-electron chi connectivity index (χ4n) is 2.61. The highest BCUT2D eigenvalue weighted by atomic mass is 16.5. The Morgan fingerprint density at radius 3 is 2.33 bits per heavy atom. The van der Waals surface area contributed by atoms with Gasteiger partial charge in [0.2, 0.25) is 17.4 Å². The third-order valence-electron chi connectivity index (χ3n) is 3.77. The zero-order chi connectivity index (χ0) is 17.3. The smallest absolute Gasteiger partial charge is 0.247 e. The first kappa shape index (κ1) is 16.0. The summed E-state index contributed by atoms with van der Waals surface area (Å²) in [6, 6.07) is 6.51. The molecule has 0 amide bonds. The quantitative estimate of drug-likeness (QED) is 0.659. The normalized spacial score (nSPS) is 15.5. The number of methoxy groups -OCH3 is 3. The summed E-state index contributed by atoms with van der Waals surface area (Å²) < 4.78 is 15.7. The standard InChI is InChI=1S/C17H16N2O5/c1-22-13-8-11(9-14(23-2)16(13)24-3)15(20)12-7-10-5-4-6-18-17(10)19(12)21/h4-9,19H,1-3H3. The third-order valence-corrected chi connectivity index (χ3v) is 3.77. The number of nitrogens with one attached hydrogen (secondary N) is 1. The molecule has 0 saturated heterocycles. The number of pyridine rings is 1. The van der Waals surface area contributed by atoms with E-state index in [-0.39, 0.29) is 22.1 Å². The lowest BCUT2D eigenvalue weighted by Crippen LogP contribution is -3.00. The number of allylic oxidation sites excluding steroid dienone is 1. The molecule has 7 nitrogen and oxygen atoms in total. The lowest BCUT2D eigenvalue weighted by atomic mass is 10.1. The summed E-state index contributed by atoms with van der Waals surface area (Å²) in [5, 5.41) is 12.0. The molecule has 1 aliphatic heterocycles. The Morgan fingerprint density at radius 1 is 1.12 bits per heavy atom. The predicted molar refractivity (Wildman–Crippen MR) is 86.6 cm³/mol. The summed E-state index contributed by atoms with van der Waals surface area (Å²) in [5.41, 5.74) is 0.980. The number of carbonyl (C=O) groups excluding carboxylic acids is 1. The van der Waals surface area contributed by atoms with Gasteiger partial charge in [-0.15, -0.1) is 0 Å². The summed E-state index contributed by atoms with van der Waals surface area (Å²) in [6.07, 6.45) is 3.08. The third kappa shape index (κ3) is 2.49. The van der Waals surface area contributed by atoms with Crippen molar-refractivity contribution in [3.05, 3.63) is 52.5 Å². The van der Waals surface area contributed by atoms with Gasteiger partial charge in [-0.05, 0) is 24.3 Å². The largest absolute Gasteiger partial charge is 0.622 e. The number of rotatable bonds is 5. The average molecular weight is 328 g/mol. The highest BCUT2D eigenvalue weighted by Gasteiger charge is 2.30. The van der Waals surface area contributed by atoms with E-state index in [0.717, 1.165) is 0 Å². The van der Waals surface area contributed by atoms with E-state index < -0.39 is 5.78 Å². The minimum atomic E-state index is -0.419. The Labute approximate surface area is 138 Å². The number of nitrogens with zero attached hydrogens (tertiary/aromatic N) is 1. The number of aromatic nitrogens is 1. The Balaban J connectivity index is 2.03. The van der Waals surface area contributed by atoms with Crippen LogP contribution in [0.25, 0.3) is 6.08 Å². The van der Waals surface area contributed by atoms with Gasteiger partial charge >= 0.3 is 0 Å². The van der Waals surface area contributed by atoms with Crippen LogP contribution in [0.4, 0.5) is 5.82 Å². The van der Waals surface area contributed by atoms with Crippen molar-refractivity contribution < 1.29 is 24.1 Å². The highest BCUT2D eigenvalue weighted by molar-refractivity contribution is 6.11. The van der Waals surface area contributed by atoms with Gasteiger partial charge in [-0.1, -0.05) is 0 Å². The van der Waals surface area contributed by atoms with Crippen molar-refractivity contribution in [2.24, 2.45) is 0 Å². The second kappa shape index (κ2) is 6.31. The molecule has 1 atom stereocenters. The number of quaternary nitrogens is 1. The number of hydrogen-bond acceptors (Lipinski definition) is 6. The second-order valence-corrected chi connectivity index (χ2v) is 5.07. The van der Waals surface area contributed by atoms with Crippen molar-refractivity contribution in [1.29, 1.82) is 0 Å². The molecule has 0 bridgehead atoms. The summed E-state index contributed by atoms with van der Waals surface area (Å²) in [6.45, 7) is 0. The first-order valence-electron chi connectivity index (χ1n) is 7.16. The molecule has 1 unspecified atom stereocenters. The van der Waals surface area contributed by atoms with E-state index in [1.165, 1.54) is 39.7 Å². The van der Waals surface area contributed by atoms with Crippen LogP contribution in [0.15, 0.2) is 36.2 Å². The van der Waals surface area contributed by atoms with Crippen LogP contribution >= 0.6 is 0 Å². The zero-order valence-electron chi connectivity index (χ0n) is 13.5. The number of Topliss-reactive ketones (excluding diaryl/α,β-unsaturated/α-hetero) is 1. The molecule has 2 aromatic rings. The molecule has 0 fully saturated rings. The van der Waals surface area contributed by atoms with E-state index in [0.29, 0.717) is 22.8 Å². The molecule has 24 heavy (non-hydrogen) atoms. The van der Waals surface area contributed by atoms with E-state index in [1.54, 1.807) is 18.2 Å². The van der Waals surface area contributed by atoms with Gasteiger partial charge in [0.25, 0.3) is 0 Å². The lowest BCUT2D eigenvalue weighted by molar-refractivity contribution is -0.724. The Hall–Kier alpha value is -2.90. The average Bonchev–Trinajstić information content (AvgIpc) is 2.96. The van der Waals surface area contributed by atoms with Gasteiger partial charge in [0.15, 0.2) is 17.2 Å². The van der Waals surface area contributed by atoms with Crippen molar-refractivity contribution in [2.75, 3.05) is 21.3 Å². The predicted octanol–water partition coefficient (Wildman–Crippen LogP) is 1.36. The first-order valence-corrected chi connectivity index (χ1v) is 7.16. The molecule has 0 spiro atoms. The van der Waals surface area contributed by atoms with Crippen molar-refractivity contribution in [1.82, 2.24) is 4.98 Å². The molecule has 3 rings (SSSR count). The minimum absolute atomic E-state index is 0.0676. The maximum atomic E-state index is 12.8. The molecule has 1 aliphatic rings. The fourth-order valence-corrected chi connectivity index (χ4v) is 2.61. The van der Waals surface area contributed by atoms with Crippen molar-refractivity contribution in [2.45, 2.75) is 0 Å². The number of hydroxylamine groups is 1. The molecule has 1 aromatic heterocycles. The van der Waals surface area contributed by atoms with E-state index in [9.17, 15) is 10.0 Å². The van der Waals surface area contributed by atoms with Crippen LogP contribution in [0.3, 0.4) is 0 Å². The van der Waals surface area contributed by atoms with E-state index >= 15 is 0 Å². The van der Waals surface area contributed by atoms with Gasteiger partial charge < -0.3 is 19.4 Å². The Kier molecular flexibility index (Phi) is 4.20. The molecule has 1 aromatic carbocycles. The monoisotopic (exact) mass is 328 g/mol. The van der Waals surface area contributed by atoms with E-state index in [4.69, 9.17) is 14.2 Å². The van der Waals surface area contributed by atoms with Crippen molar-refractivity contribution in [3.8, 4) is 17.2 Å². The number of carbonyl (C=O) groups is 1. The summed E-state index contributed by atoms with van der Waals surface area (Å²) in [5.74, 6) is 0.947. The maximum Gasteiger partial charge on any atom is 0.247 e. The molecule has 124 valence electrons. The zero-order valence-corrected chi connectivity index (χ0v) is 13.5. The van der Waals surface area contributed by atoms with E-state index in [1.807, 2.05) is 0 Å². The molecular formula is C17H16N2O5.